The van der Waals surface area contributed by atoms with Crippen LogP contribution in [0.1, 0.15) is 40.0 Å². The molecular formula is C13H22N2. The molecule has 0 amide bonds. The van der Waals surface area contributed by atoms with Crippen molar-refractivity contribution < 1.29 is 0 Å². The molecule has 0 N–H and O–H groups in total. The average Bonchev–Trinajstić information content (AvgIpc) is 2.31. The highest BCUT2D eigenvalue weighted by atomic mass is 15.2. The van der Waals surface area contributed by atoms with Gasteiger partial charge in [-0.2, -0.15) is 0 Å². The molecule has 84 valence electrons. The van der Waals surface area contributed by atoms with E-state index in [0.29, 0.717) is 17.4 Å². The van der Waals surface area contributed by atoms with Gasteiger partial charge in [-0.05, 0) is 30.1 Å². The first kappa shape index (κ1) is 11.0. The molecule has 1 heterocycles. The van der Waals surface area contributed by atoms with Gasteiger partial charge in [-0.15, -0.1) is 0 Å². The zero-order chi connectivity index (χ0) is 11.1. The van der Waals surface area contributed by atoms with Crippen LogP contribution < -0.4 is 0 Å². The zero-order valence-corrected chi connectivity index (χ0v) is 10.2. The summed E-state index contributed by atoms with van der Waals surface area (Å²) in [6, 6.07) is 0.750. The van der Waals surface area contributed by atoms with Gasteiger partial charge in [0.1, 0.15) is 0 Å². The Labute approximate surface area is 93.5 Å². The highest BCUT2D eigenvalue weighted by molar-refractivity contribution is 5.02. The molecular weight excluding hydrogens is 184 g/mol. The second kappa shape index (κ2) is 3.49. The van der Waals surface area contributed by atoms with Gasteiger partial charge in [0, 0.05) is 12.6 Å². The van der Waals surface area contributed by atoms with Crippen LogP contribution in [0.4, 0.5) is 0 Å². The molecule has 2 nitrogen and oxygen atoms in total. The van der Waals surface area contributed by atoms with Gasteiger partial charge in [-0.3, -0.25) is 4.90 Å². The SMILES string of the molecule is [C-]#[N+]CCN1CC2(C)CC1CC(C)(C)C2. The quantitative estimate of drug-likeness (QED) is 0.630. The zero-order valence-electron chi connectivity index (χ0n) is 10.2. The molecule has 1 aliphatic heterocycles. The fourth-order valence-electron chi connectivity index (χ4n) is 4.02. The van der Waals surface area contributed by atoms with E-state index in [1.807, 2.05) is 0 Å². The van der Waals surface area contributed by atoms with Crippen molar-refractivity contribution in [3.8, 4) is 0 Å². The van der Waals surface area contributed by atoms with Gasteiger partial charge in [-0.25, -0.2) is 6.57 Å². The number of hydrogen-bond donors (Lipinski definition) is 0. The van der Waals surface area contributed by atoms with E-state index in [4.69, 9.17) is 6.57 Å². The van der Waals surface area contributed by atoms with Gasteiger partial charge in [0.2, 0.25) is 6.54 Å². The molecule has 1 aliphatic carbocycles. The number of nitrogens with zero attached hydrogens (tertiary/aromatic N) is 2. The first-order valence-corrected chi connectivity index (χ1v) is 6.01. The van der Waals surface area contributed by atoms with Crippen LogP contribution in [-0.2, 0) is 0 Å². The predicted molar refractivity (Wildman–Crippen MR) is 62.6 cm³/mol. The van der Waals surface area contributed by atoms with Crippen molar-refractivity contribution in [1.29, 1.82) is 0 Å². The van der Waals surface area contributed by atoms with Gasteiger partial charge in [0.05, 0.1) is 6.54 Å². The Morgan fingerprint density at radius 1 is 1.33 bits per heavy atom. The lowest BCUT2D eigenvalue weighted by Crippen LogP contribution is -2.35. The lowest BCUT2D eigenvalue weighted by molar-refractivity contribution is 0.128. The minimum absolute atomic E-state index is 0.504. The van der Waals surface area contributed by atoms with E-state index in [1.165, 1.54) is 25.8 Å². The number of hydrogen-bond acceptors (Lipinski definition) is 1. The normalized spacial score (nSPS) is 38.9. The molecule has 2 unspecified atom stereocenters. The molecule has 2 aliphatic rings. The molecule has 0 aromatic carbocycles. The van der Waals surface area contributed by atoms with Gasteiger partial charge in [0.25, 0.3) is 0 Å². The Bertz CT molecular complexity index is 289. The first-order valence-electron chi connectivity index (χ1n) is 6.01. The molecule has 0 spiro atoms. The van der Waals surface area contributed by atoms with Crippen LogP contribution in [-0.4, -0.2) is 30.6 Å². The van der Waals surface area contributed by atoms with E-state index >= 15 is 0 Å². The van der Waals surface area contributed by atoms with Crippen molar-refractivity contribution in [3.63, 3.8) is 0 Å². The van der Waals surface area contributed by atoms with Crippen molar-refractivity contribution in [2.75, 3.05) is 19.6 Å². The van der Waals surface area contributed by atoms with Gasteiger partial charge in [0.15, 0.2) is 0 Å². The minimum atomic E-state index is 0.504. The summed E-state index contributed by atoms with van der Waals surface area (Å²) in [5.74, 6) is 0. The Kier molecular flexibility index (Phi) is 2.55. The highest BCUT2D eigenvalue weighted by Gasteiger charge is 2.49. The van der Waals surface area contributed by atoms with Crippen molar-refractivity contribution in [2.45, 2.75) is 46.1 Å². The van der Waals surface area contributed by atoms with Crippen LogP contribution in [0.5, 0.6) is 0 Å². The van der Waals surface area contributed by atoms with Crippen LogP contribution in [0.2, 0.25) is 0 Å². The van der Waals surface area contributed by atoms with Crippen LogP contribution >= 0.6 is 0 Å². The summed E-state index contributed by atoms with van der Waals surface area (Å²) in [5, 5.41) is 0. The summed E-state index contributed by atoms with van der Waals surface area (Å²) in [6.07, 6.45) is 4.03. The van der Waals surface area contributed by atoms with Gasteiger partial charge in [-0.1, -0.05) is 20.8 Å². The standard InChI is InChI=1S/C13H22N2/c1-12(2)7-11-8-13(3,9-12)10-15(11)6-5-14-4/h11H,5-10H2,1-3H3. The van der Waals surface area contributed by atoms with Crippen molar-refractivity contribution >= 4 is 0 Å². The Morgan fingerprint density at radius 3 is 2.73 bits per heavy atom. The Hall–Kier alpha value is -0.550. The van der Waals surface area contributed by atoms with Crippen LogP contribution in [0, 0.1) is 17.4 Å². The van der Waals surface area contributed by atoms with E-state index in [2.05, 4.69) is 30.5 Å². The molecule has 2 fully saturated rings. The van der Waals surface area contributed by atoms with Crippen LogP contribution in [0.15, 0.2) is 0 Å². The highest BCUT2D eigenvalue weighted by Crippen LogP contribution is 2.52. The maximum Gasteiger partial charge on any atom is 0.227 e. The third-order valence-corrected chi connectivity index (χ3v) is 4.02. The molecule has 0 aromatic heterocycles. The predicted octanol–water partition coefficient (Wildman–Crippen LogP) is 2.81. The molecule has 2 rings (SSSR count). The lowest BCUT2D eigenvalue weighted by Gasteiger charge is -2.39. The molecule has 0 radical (unpaired) electrons. The molecule has 0 aromatic rings. The fraction of sp³-hybridized carbons (Fsp3) is 0.923. The maximum atomic E-state index is 6.88. The summed E-state index contributed by atoms with van der Waals surface area (Å²) in [7, 11) is 0. The summed E-state index contributed by atoms with van der Waals surface area (Å²) in [6.45, 7) is 17.0. The molecule has 2 atom stereocenters. The van der Waals surface area contributed by atoms with E-state index in [9.17, 15) is 0 Å². The minimum Gasteiger partial charge on any atom is -0.316 e. The number of likely N-dealkylation sites (tertiary alicyclic amines) is 1. The van der Waals surface area contributed by atoms with Gasteiger partial charge >= 0.3 is 0 Å². The molecule has 1 saturated carbocycles. The Morgan fingerprint density at radius 2 is 2.07 bits per heavy atom. The third-order valence-electron chi connectivity index (χ3n) is 4.02. The third kappa shape index (κ3) is 2.18. The fourth-order valence-corrected chi connectivity index (χ4v) is 4.02. The largest absolute Gasteiger partial charge is 0.316 e. The van der Waals surface area contributed by atoms with Crippen molar-refractivity contribution in [1.82, 2.24) is 4.90 Å². The Balaban J connectivity index is 2.07. The topological polar surface area (TPSA) is 7.60 Å². The summed E-state index contributed by atoms with van der Waals surface area (Å²) >= 11 is 0. The number of rotatable bonds is 2. The van der Waals surface area contributed by atoms with Gasteiger partial charge < -0.3 is 4.85 Å². The van der Waals surface area contributed by atoms with E-state index in [-0.39, 0.29) is 0 Å². The lowest BCUT2D eigenvalue weighted by atomic mass is 9.65. The van der Waals surface area contributed by atoms with E-state index in [1.54, 1.807) is 0 Å². The first-order chi connectivity index (χ1) is 6.94. The summed E-state index contributed by atoms with van der Waals surface area (Å²) < 4.78 is 0. The second-order valence-electron chi connectivity index (χ2n) is 6.57. The molecule has 2 bridgehead atoms. The number of fused-ring (bicyclic) bond motifs is 2. The van der Waals surface area contributed by atoms with E-state index < -0.39 is 0 Å². The van der Waals surface area contributed by atoms with Crippen molar-refractivity contribution in [2.24, 2.45) is 10.8 Å². The maximum absolute atomic E-state index is 6.88. The molecule has 15 heavy (non-hydrogen) atoms. The van der Waals surface area contributed by atoms with E-state index in [0.717, 1.165) is 12.6 Å². The molecule has 1 saturated heterocycles. The smallest absolute Gasteiger partial charge is 0.227 e. The molecule has 2 heteroatoms. The monoisotopic (exact) mass is 206 g/mol. The van der Waals surface area contributed by atoms with Crippen LogP contribution in [0.3, 0.4) is 0 Å². The van der Waals surface area contributed by atoms with Crippen molar-refractivity contribution in [3.05, 3.63) is 11.4 Å². The summed E-state index contributed by atoms with van der Waals surface area (Å²) in [4.78, 5) is 6.04. The average molecular weight is 206 g/mol. The second-order valence-corrected chi connectivity index (χ2v) is 6.57. The summed E-state index contributed by atoms with van der Waals surface area (Å²) in [5.41, 5.74) is 1.03. The van der Waals surface area contributed by atoms with Crippen LogP contribution in [0.25, 0.3) is 4.85 Å².